The van der Waals surface area contributed by atoms with Crippen LogP contribution in [0.5, 0.6) is 0 Å². The van der Waals surface area contributed by atoms with Gasteiger partial charge in [-0.2, -0.15) is 0 Å². The van der Waals surface area contributed by atoms with Gasteiger partial charge in [0.15, 0.2) is 0 Å². The van der Waals surface area contributed by atoms with Crippen molar-refractivity contribution in [1.82, 2.24) is 5.32 Å². The number of nitrogens with one attached hydrogen (secondary N) is 2. The van der Waals surface area contributed by atoms with E-state index in [0.29, 0.717) is 6.61 Å². The molecule has 2 aliphatic heterocycles. The van der Waals surface area contributed by atoms with Crippen LogP contribution in [0.4, 0.5) is 5.69 Å². The van der Waals surface area contributed by atoms with E-state index >= 15 is 0 Å². The molecule has 1 amide bonds. The molecule has 0 bridgehead atoms. The lowest BCUT2D eigenvalue weighted by Crippen LogP contribution is -2.30. The average molecular weight is 297 g/mol. The van der Waals surface area contributed by atoms with Gasteiger partial charge >= 0.3 is 0 Å². The second-order valence-electron chi connectivity index (χ2n) is 5.31. The lowest BCUT2D eigenvalue weighted by atomic mass is 9.99. The Kier molecular flexibility index (Phi) is 5.40. The van der Waals surface area contributed by atoms with Gasteiger partial charge in [0.2, 0.25) is 5.91 Å². The van der Waals surface area contributed by atoms with Crippen LogP contribution in [0.2, 0.25) is 0 Å². The molecule has 2 aliphatic rings. The van der Waals surface area contributed by atoms with Crippen molar-refractivity contribution in [3.8, 4) is 0 Å². The van der Waals surface area contributed by atoms with Crippen molar-refractivity contribution in [3.63, 3.8) is 0 Å². The molecular weight excluding hydrogens is 276 g/mol. The van der Waals surface area contributed by atoms with Gasteiger partial charge < -0.3 is 15.4 Å². The van der Waals surface area contributed by atoms with Crippen LogP contribution >= 0.6 is 12.4 Å². The number of fused-ring (bicyclic) bond motifs is 1. The Bertz CT molecular complexity index is 473. The summed E-state index contributed by atoms with van der Waals surface area (Å²) in [5, 5.41) is 6.37. The van der Waals surface area contributed by atoms with Crippen molar-refractivity contribution in [2.24, 2.45) is 5.92 Å². The predicted octanol–water partition coefficient (Wildman–Crippen LogP) is 2.12. The van der Waals surface area contributed by atoms with Crippen LogP contribution in [0.1, 0.15) is 24.0 Å². The summed E-state index contributed by atoms with van der Waals surface area (Å²) in [5.74, 6) is 0.0892. The summed E-state index contributed by atoms with van der Waals surface area (Å²) in [6, 6.07) is 6.22. The number of ether oxygens (including phenoxy) is 1. The number of rotatable bonds is 2. The number of hydrogen-bond acceptors (Lipinski definition) is 3. The smallest absolute Gasteiger partial charge is 0.229 e. The first-order valence-corrected chi connectivity index (χ1v) is 7.04. The highest BCUT2D eigenvalue weighted by molar-refractivity contribution is 5.92. The van der Waals surface area contributed by atoms with Gasteiger partial charge in [0.25, 0.3) is 0 Å². The van der Waals surface area contributed by atoms with E-state index in [-0.39, 0.29) is 24.2 Å². The molecule has 2 heterocycles. The number of anilines is 1. The Morgan fingerprint density at radius 2 is 2.25 bits per heavy atom. The number of halogens is 1. The number of carbonyl (C=O) groups excluding carboxylic acids is 1. The number of benzene rings is 1. The predicted molar refractivity (Wildman–Crippen MR) is 81.3 cm³/mol. The van der Waals surface area contributed by atoms with Crippen LogP contribution in [-0.4, -0.2) is 25.7 Å². The Labute approximate surface area is 125 Å². The molecule has 110 valence electrons. The van der Waals surface area contributed by atoms with E-state index in [9.17, 15) is 4.79 Å². The van der Waals surface area contributed by atoms with Crippen LogP contribution in [-0.2, 0) is 22.5 Å². The lowest BCUT2D eigenvalue weighted by Gasteiger charge is -2.22. The molecule has 0 saturated carbocycles. The molecule has 1 aromatic rings. The van der Waals surface area contributed by atoms with Gasteiger partial charge in [0, 0.05) is 18.8 Å². The molecular formula is C15H21ClN2O2. The molecule has 3 rings (SSSR count). The largest absolute Gasteiger partial charge is 0.381 e. The first kappa shape index (κ1) is 15.3. The van der Waals surface area contributed by atoms with Gasteiger partial charge in [-0.3, -0.25) is 4.79 Å². The Balaban J connectivity index is 0.00000147. The van der Waals surface area contributed by atoms with Crippen molar-refractivity contribution in [2.75, 3.05) is 25.1 Å². The normalized spacial score (nSPS) is 21.5. The van der Waals surface area contributed by atoms with E-state index in [2.05, 4.69) is 22.8 Å². The SMILES string of the molecule is Cl.O=C(Nc1ccc2c(c1)CNCC2)C1CCCOC1. The van der Waals surface area contributed by atoms with Gasteiger partial charge in [0.1, 0.15) is 0 Å². The summed E-state index contributed by atoms with van der Waals surface area (Å²) >= 11 is 0. The first-order valence-electron chi connectivity index (χ1n) is 7.04. The molecule has 20 heavy (non-hydrogen) atoms. The second kappa shape index (κ2) is 7.07. The van der Waals surface area contributed by atoms with Gasteiger partial charge in [-0.25, -0.2) is 0 Å². The Hall–Kier alpha value is -1.10. The van der Waals surface area contributed by atoms with E-state index < -0.39 is 0 Å². The molecule has 1 aromatic carbocycles. The van der Waals surface area contributed by atoms with E-state index in [4.69, 9.17) is 4.74 Å². The number of carbonyl (C=O) groups is 1. The zero-order chi connectivity index (χ0) is 13.1. The molecule has 0 aliphatic carbocycles. The third-order valence-corrected chi connectivity index (χ3v) is 3.89. The minimum atomic E-state index is 0. The van der Waals surface area contributed by atoms with E-state index in [1.54, 1.807) is 0 Å². The lowest BCUT2D eigenvalue weighted by molar-refractivity contribution is -0.123. The summed E-state index contributed by atoms with van der Waals surface area (Å²) in [6.07, 6.45) is 2.98. The fourth-order valence-corrected chi connectivity index (χ4v) is 2.75. The van der Waals surface area contributed by atoms with Crippen LogP contribution in [0, 0.1) is 5.92 Å². The Morgan fingerprint density at radius 3 is 3.05 bits per heavy atom. The molecule has 1 fully saturated rings. The van der Waals surface area contributed by atoms with Crippen molar-refractivity contribution in [3.05, 3.63) is 29.3 Å². The fourth-order valence-electron chi connectivity index (χ4n) is 2.75. The molecule has 0 radical (unpaired) electrons. The van der Waals surface area contributed by atoms with Crippen LogP contribution in [0.3, 0.4) is 0 Å². The monoisotopic (exact) mass is 296 g/mol. The van der Waals surface area contributed by atoms with Crippen LogP contribution in [0.25, 0.3) is 0 Å². The van der Waals surface area contributed by atoms with E-state index in [1.165, 1.54) is 11.1 Å². The van der Waals surface area contributed by atoms with Gasteiger partial charge in [-0.1, -0.05) is 6.07 Å². The summed E-state index contributed by atoms with van der Waals surface area (Å²) < 4.78 is 5.36. The van der Waals surface area contributed by atoms with Crippen LogP contribution < -0.4 is 10.6 Å². The quantitative estimate of drug-likeness (QED) is 0.879. The molecule has 1 unspecified atom stereocenters. The van der Waals surface area contributed by atoms with Crippen molar-refractivity contribution in [2.45, 2.75) is 25.8 Å². The minimum absolute atomic E-state index is 0. The summed E-state index contributed by atoms with van der Waals surface area (Å²) in [4.78, 5) is 12.1. The molecule has 1 atom stereocenters. The van der Waals surface area contributed by atoms with Crippen LogP contribution in [0.15, 0.2) is 18.2 Å². The number of amides is 1. The molecule has 0 spiro atoms. The van der Waals surface area contributed by atoms with Gasteiger partial charge in [-0.15, -0.1) is 12.4 Å². The summed E-state index contributed by atoms with van der Waals surface area (Å²) in [6.45, 7) is 3.27. The Morgan fingerprint density at radius 1 is 1.35 bits per heavy atom. The van der Waals surface area contributed by atoms with Crippen molar-refractivity contribution >= 4 is 24.0 Å². The second-order valence-corrected chi connectivity index (χ2v) is 5.31. The third-order valence-electron chi connectivity index (χ3n) is 3.89. The molecule has 5 heteroatoms. The molecule has 4 nitrogen and oxygen atoms in total. The maximum absolute atomic E-state index is 12.1. The highest BCUT2D eigenvalue weighted by Gasteiger charge is 2.22. The highest BCUT2D eigenvalue weighted by atomic mass is 35.5. The van der Waals surface area contributed by atoms with Crippen molar-refractivity contribution < 1.29 is 9.53 Å². The average Bonchev–Trinajstić information content (AvgIpc) is 2.48. The molecule has 2 N–H and O–H groups in total. The van der Waals surface area contributed by atoms with E-state index in [0.717, 1.165) is 44.6 Å². The molecule has 1 saturated heterocycles. The molecule has 0 aromatic heterocycles. The standard InChI is InChI=1S/C15H20N2O2.ClH/c18-15(12-2-1-7-19-10-12)17-14-4-3-11-5-6-16-9-13(11)8-14;/h3-4,8,12,16H,1-2,5-7,9-10H2,(H,17,18);1H. The minimum Gasteiger partial charge on any atom is -0.381 e. The van der Waals surface area contributed by atoms with E-state index in [1.807, 2.05) is 6.07 Å². The van der Waals surface area contributed by atoms with Gasteiger partial charge in [-0.05, 0) is 49.1 Å². The maximum Gasteiger partial charge on any atom is 0.229 e. The maximum atomic E-state index is 12.1. The zero-order valence-electron chi connectivity index (χ0n) is 11.5. The van der Waals surface area contributed by atoms with Crippen molar-refractivity contribution in [1.29, 1.82) is 0 Å². The zero-order valence-corrected chi connectivity index (χ0v) is 12.3. The number of hydrogen-bond donors (Lipinski definition) is 2. The highest BCUT2D eigenvalue weighted by Crippen LogP contribution is 2.21. The van der Waals surface area contributed by atoms with Gasteiger partial charge in [0.05, 0.1) is 12.5 Å². The first-order chi connectivity index (χ1) is 9.33. The topological polar surface area (TPSA) is 50.4 Å². The summed E-state index contributed by atoms with van der Waals surface area (Å²) in [5.41, 5.74) is 3.58. The third kappa shape index (κ3) is 3.51. The summed E-state index contributed by atoms with van der Waals surface area (Å²) in [7, 11) is 0. The fraction of sp³-hybridized carbons (Fsp3) is 0.533.